The van der Waals surface area contributed by atoms with Crippen molar-refractivity contribution in [1.82, 2.24) is 0 Å². The second-order valence-electron chi connectivity index (χ2n) is 7.91. The van der Waals surface area contributed by atoms with E-state index in [-0.39, 0.29) is 11.8 Å². The summed E-state index contributed by atoms with van der Waals surface area (Å²) in [7, 11) is 0. The van der Waals surface area contributed by atoms with Gasteiger partial charge in [0, 0.05) is 29.0 Å². The van der Waals surface area contributed by atoms with Crippen LogP contribution in [-0.4, -0.2) is 18.4 Å². The molecule has 0 saturated carbocycles. The highest BCUT2D eigenvalue weighted by molar-refractivity contribution is 6.08. The molecule has 4 rings (SSSR count). The van der Waals surface area contributed by atoms with Gasteiger partial charge >= 0.3 is 0 Å². The zero-order chi connectivity index (χ0) is 21.1. The number of nitrogens with one attached hydrogen (secondary N) is 1. The highest BCUT2D eigenvalue weighted by Gasteiger charge is 2.25. The topological polar surface area (TPSA) is 49.4 Å². The van der Waals surface area contributed by atoms with Gasteiger partial charge in [-0.05, 0) is 73.2 Å². The van der Waals surface area contributed by atoms with Crippen LogP contribution in [0.15, 0.2) is 72.8 Å². The Kier molecular flexibility index (Phi) is 5.66. The maximum absolute atomic E-state index is 13.3. The molecular weight excluding hydrogens is 372 g/mol. The predicted octanol–water partition coefficient (Wildman–Crippen LogP) is 5.79. The monoisotopic (exact) mass is 398 g/mol. The molecule has 1 aliphatic rings. The number of rotatable bonds is 3. The van der Waals surface area contributed by atoms with Gasteiger partial charge in [-0.1, -0.05) is 43.3 Å². The fourth-order valence-electron chi connectivity index (χ4n) is 4.07. The number of aryl methyl sites for hydroxylation is 1. The van der Waals surface area contributed by atoms with Crippen molar-refractivity contribution >= 4 is 23.2 Å². The number of carbonyl (C=O) groups excluding carboxylic acids is 2. The summed E-state index contributed by atoms with van der Waals surface area (Å²) in [4.78, 5) is 27.7. The van der Waals surface area contributed by atoms with E-state index in [1.54, 1.807) is 30.3 Å². The molecule has 0 radical (unpaired) electrons. The predicted molar refractivity (Wildman–Crippen MR) is 121 cm³/mol. The summed E-state index contributed by atoms with van der Waals surface area (Å²) in [6.07, 6.45) is 2.05. The van der Waals surface area contributed by atoms with E-state index in [1.807, 2.05) is 48.2 Å². The largest absolute Gasteiger partial charge is 0.322 e. The highest BCUT2D eigenvalue weighted by atomic mass is 16.2. The third kappa shape index (κ3) is 3.99. The van der Waals surface area contributed by atoms with Crippen molar-refractivity contribution in [3.05, 3.63) is 95.1 Å². The van der Waals surface area contributed by atoms with Gasteiger partial charge in [0.15, 0.2) is 0 Å². The molecule has 3 aromatic carbocycles. The number of fused-ring (bicyclic) bond motifs is 1. The van der Waals surface area contributed by atoms with E-state index in [0.29, 0.717) is 29.3 Å². The second-order valence-corrected chi connectivity index (χ2v) is 7.91. The molecule has 4 nitrogen and oxygen atoms in total. The third-order valence-electron chi connectivity index (χ3n) is 5.80. The van der Waals surface area contributed by atoms with E-state index in [1.165, 1.54) is 5.56 Å². The van der Waals surface area contributed by atoms with Gasteiger partial charge < -0.3 is 10.2 Å². The lowest BCUT2D eigenvalue weighted by Crippen LogP contribution is -2.31. The molecule has 1 heterocycles. The maximum Gasteiger partial charge on any atom is 0.258 e. The Morgan fingerprint density at radius 1 is 0.933 bits per heavy atom. The molecular formula is C26H26N2O2. The number of carbonyl (C=O) groups is 2. The first-order valence-electron chi connectivity index (χ1n) is 10.4. The minimum Gasteiger partial charge on any atom is -0.322 e. The van der Waals surface area contributed by atoms with Gasteiger partial charge in [0.05, 0.1) is 0 Å². The molecule has 2 amide bonds. The average molecular weight is 399 g/mol. The van der Waals surface area contributed by atoms with Gasteiger partial charge in [-0.2, -0.15) is 0 Å². The van der Waals surface area contributed by atoms with Crippen LogP contribution in [0.3, 0.4) is 0 Å². The molecule has 1 N–H and O–H groups in total. The SMILES string of the molecule is Cc1ccccc1C(=O)Nc1ccc(C(=O)N2CCCC(C)c3ccccc32)cc1. The summed E-state index contributed by atoms with van der Waals surface area (Å²) in [6.45, 7) is 4.85. The van der Waals surface area contributed by atoms with Crippen LogP contribution in [0.2, 0.25) is 0 Å². The molecule has 4 heteroatoms. The molecule has 30 heavy (non-hydrogen) atoms. The van der Waals surface area contributed by atoms with Crippen molar-refractivity contribution in [3.63, 3.8) is 0 Å². The Morgan fingerprint density at radius 3 is 2.40 bits per heavy atom. The van der Waals surface area contributed by atoms with Gasteiger partial charge in [-0.15, -0.1) is 0 Å². The highest BCUT2D eigenvalue weighted by Crippen LogP contribution is 2.34. The van der Waals surface area contributed by atoms with Gasteiger partial charge in [0.25, 0.3) is 11.8 Å². The molecule has 0 aliphatic carbocycles. The molecule has 1 aliphatic heterocycles. The minimum absolute atomic E-state index is 0.00618. The second kappa shape index (κ2) is 8.54. The molecule has 0 fully saturated rings. The standard InChI is InChI=1S/C26H26N2O2/c1-18-9-7-17-28(24-12-6-5-10-22(18)24)26(30)20-13-15-21(16-14-20)27-25(29)23-11-4-3-8-19(23)2/h3-6,8,10-16,18H,7,9,17H2,1-2H3,(H,27,29). The van der Waals surface area contributed by atoms with Gasteiger partial charge in [0.2, 0.25) is 0 Å². The molecule has 0 bridgehead atoms. The molecule has 1 unspecified atom stereocenters. The smallest absolute Gasteiger partial charge is 0.258 e. The molecule has 0 spiro atoms. The Balaban J connectivity index is 1.53. The van der Waals surface area contributed by atoms with E-state index >= 15 is 0 Å². The summed E-state index contributed by atoms with van der Waals surface area (Å²) in [5.41, 5.74) is 5.09. The normalized spacial score (nSPS) is 15.8. The van der Waals surface area contributed by atoms with Crippen LogP contribution >= 0.6 is 0 Å². The van der Waals surface area contributed by atoms with Crippen LogP contribution in [0.4, 0.5) is 11.4 Å². The summed E-state index contributed by atoms with van der Waals surface area (Å²) >= 11 is 0. The number of nitrogens with zero attached hydrogens (tertiary/aromatic N) is 1. The van der Waals surface area contributed by atoms with E-state index in [2.05, 4.69) is 18.3 Å². The zero-order valence-corrected chi connectivity index (χ0v) is 17.4. The fraction of sp³-hybridized carbons (Fsp3) is 0.231. The van der Waals surface area contributed by atoms with Crippen molar-refractivity contribution in [2.75, 3.05) is 16.8 Å². The van der Waals surface area contributed by atoms with Gasteiger partial charge in [-0.3, -0.25) is 9.59 Å². The lowest BCUT2D eigenvalue weighted by molar-refractivity contribution is 0.0985. The third-order valence-corrected chi connectivity index (χ3v) is 5.80. The fourth-order valence-corrected chi connectivity index (χ4v) is 4.07. The molecule has 0 aromatic heterocycles. The van der Waals surface area contributed by atoms with Crippen molar-refractivity contribution in [1.29, 1.82) is 0 Å². The molecule has 152 valence electrons. The number of hydrogen-bond donors (Lipinski definition) is 1. The minimum atomic E-state index is -0.150. The van der Waals surface area contributed by atoms with Crippen LogP contribution in [0, 0.1) is 6.92 Å². The number of amides is 2. The van der Waals surface area contributed by atoms with E-state index in [9.17, 15) is 9.59 Å². The van der Waals surface area contributed by atoms with Crippen molar-refractivity contribution < 1.29 is 9.59 Å². The van der Waals surface area contributed by atoms with Gasteiger partial charge in [0.1, 0.15) is 0 Å². The number of anilines is 2. The molecule has 0 saturated heterocycles. The first kappa shape index (κ1) is 19.9. The van der Waals surface area contributed by atoms with Gasteiger partial charge in [-0.25, -0.2) is 0 Å². The Morgan fingerprint density at radius 2 is 1.63 bits per heavy atom. The van der Waals surface area contributed by atoms with Crippen molar-refractivity contribution in [2.45, 2.75) is 32.6 Å². The number of benzene rings is 3. The van der Waals surface area contributed by atoms with E-state index in [4.69, 9.17) is 0 Å². The Labute approximate surface area is 177 Å². The summed E-state index contributed by atoms with van der Waals surface area (Å²) in [5.74, 6) is 0.286. The maximum atomic E-state index is 13.3. The lowest BCUT2D eigenvalue weighted by Gasteiger charge is -2.23. The van der Waals surface area contributed by atoms with Crippen LogP contribution in [0.5, 0.6) is 0 Å². The number of hydrogen-bond acceptors (Lipinski definition) is 2. The molecule has 1 atom stereocenters. The zero-order valence-electron chi connectivity index (χ0n) is 17.4. The van der Waals surface area contributed by atoms with Crippen LogP contribution in [0.1, 0.15) is 57.5 Å². The van der Waals surface area contributed by atoms with Crippen LogP contribution < -0.4 is 10.2 Å². The Hall–Kier alpha value is -3.40. The van der Waals surface area contributed by atoms with Crippen molar-refractivity contribution in [2.24, 2.45) is 0 Å². The quantitative estimate of drug-likeness (QED) is 0.607. The van der Waals surface area contributed by atoms with E-state index < -0.39 is 0 Å². The average Bonchev–Trinajstić information content (AvgIpc) is 2.93. The Bertz CT molecular complexity index is 1070. The van der Waals surface area contributed by atoms with Crippen LogP contribution in [0.25, 0.3) is 0 Å². The first-order chi connectivity index (χ1) is 14.5. The summed E-state index contributed by atoms with van der Waals surface area (Å²) in [5, 5.41) is 2.91. The molecule has 3 aromatic rings. The lowest BCUT2D eigenvalue weighted by atomic mass is 9.96. The first-order valence-corrected chi connectivity index (χ1v) is 10.4. The van der Waals surface area contributed by atoms with Crippen molar-refractivity contribution in [3.8, 4) is 0 Å². The summed E-state index contributed by atoms with van der Waals surface area (Å²) in [6, 6.07) is 22.8. The number of para-hydroxylation sites is 1. The van der Waals surface area contributed by atoms with E-state index in [0.717, 1.165) is 24.1 Å². The summed E-state index contributed by atoms with van der Waals surface area (Å²) < 4.78 is 0. The van der Waals surface area contributed by atoms with Crippen LogP contribution in [-0.2, 0) is 0 Å².